The van der Waals surface area contributed by atoms with Crippen LogP contribution in [0.1, 0.15) is 16.1 Å². The molecule has 23 heavy (non-hydrogen) atoms. The van der Waals surface area contributed by atoms with E-state index in [2.05, 4.69) is 10.4 Å². The number of aryl methyl sites for hydroxylation is 1. The van der Waals surface area contributed by atoms with E-state index in [9.17, 15) is 4.79 Å². The molecule has 0 aliphatic heterocycles. The Morgan fingerprint density at radius 2 is 1.83 bits per heavy atom. The molecule has 8 heteroatoms. The summed E-state index contributed by atoms with van der Waals surface area (Å²) >= 11 is 0. The van der Waals surface area contributed by atoms with Crippen LogP contribution in [0.5, 0.6) is 17.2 Å². The number of anilines is 1. The predicted molar refractivity (Wildman–Crippen MR) is 83.6 cm³/mol. The first-order chi connectivity index (χ1) is 11.0. The Morgan fingerprint density at radius 1 is 1.22 bits per heavy atom. The van der Waals surface area contributed by atoms with Gasteiger partial charge in [-0.05, 0) is 17.7 Å². The van der Waals surface area contributed by atoms with Crippen LogP contribution in [0.25, 0.3) is 0 Å². The molecule has 1 aromatic heterocycles. The van der Waals surface area contributed by atoms with Crippen molar-refractivity contribution in [3.8, 4) is 17.2 Å². The molecule has 0 saturated heterocycles. The van der Waals surface area contributed by atoms with Gasteiger partial charge in [-0.3, -0.25) is 4.68 Å². The molecular weight excluding hydrogens is 302 g/mol. The van der Waals surface area contributed by atoms with E-state index < -0.39 is 5.97 Å². The molecule has 0 aliphatic rings. The van der Waals surface area contributed by atoms with Crippen LogP contribution in [-0.4, -0.2) is 42.2 Å². The third-order valence-corrected chi connectivity index (χ3v) is 3.24. The van der Waals surface area contributed by atoms with Crippen molar-refractivity contribution >= 4 is 11.7 Å². The van der Waals surface area contributed by atoms with Crippen LogP contribution >= 0.6 is 0 Å². The largest absolute Gasteiger partial charge is 0.493 e. The Balaban J connectivity index is 2.26. The minimum atomic E-state index is -1.09. The lowest BCUT2D eigenvalue weighted by atomic mass is 10.1. The van der Waals surface area contributed by atoms with Gasteiger partial charge in [0.15, 0.2) is 17.2 Å². The van der Waals surface area contributed by atoms with Crippen molar-refractivity contribution in [2.75, 3.05) is 26.6 Å². The van der Waals surface area contributed by atoms with Crippen LogP contribution in [0.3, 0.4) is 0 Å². The summed E-state index contributed by atoms with van der Waals surface area (Å²) in [5.74, 6) is 0.492. The average molecular weight is 321 g/mol. The van der Waals surface area contributed by atoms with Gasteiger partial charge < -0.3 is 24.6 Å². The second-order valence-electron chi connectivity index (χ2n) is 4.76. The van der Waals surface area contributed by atoms with Crippen molar-refractivity contribution in [2.24, 2.45) is 7.05 Å². The van der Waals surface area contributed by atoms with E-state index >= 15 is 0 Å². The maximum atomic E-state index is 11.2. The van der Waals surface area contributed by atoms with Crippen molar-refractivity contribution in [3.05, 3.63) is 29.6 Å². The Morgan fingerprint density at radius 3 is 2.30 bits per heavy atom. The fraction of sp³-hybridized carbons (Fsp3) is 0.333. The number of carbonyl (C=O) groups is 1. The zero-order valence-electron chi connectivity index (χ0n) is 13.4. The first kappa shape index (κ1) is 16.5. The molecule has 0 bridgehead atoms. The monoisotopic (exact) mass is 321 g/mol. The number of hydrogen-bond donors (Lipinski definition) is 2. The molecule has 0 amide bonds. The highest BCUT2D eigenvalue weighted by Gasteiger charge is 2.16. The SMILES string of the molecule is COc1cc(CNc2cn(C)nc2C(=O)O)cc(OC)c1OC. The highest BCUT2D eigenvalue weighted by atomic mass is 16.5. The van der Waals surface area contributed by atoms with Crippen molar-refractivity contribution in [2.45, 2.75) is 6.54 Å². The Bertz CT molecular complexity index is 686. The summed E-state index contributed by atoms with van der Waals surface area (Å²) in [5, 5.41) is 16.1. The summed E-state index contributed by atoms with van der Waals surface area (Å²) < 4.78 is 17.3. The summed E-state index contributed by atoms with van der Waals surface area (Å²) in [6, 6.07) is 3.59. The number of carboxylic acids is 1. The number of carboxylic acid groups (broad SMARTS) is 1. The molecule has 0 saturated carbocycles. The molecule has 2 aromatic rings. The third kappa shape index (κ3) is 3.47. The van der Waals surface area contributed by atoms with Crippen LogP contribution < -0.4 is 19.5 Å². The molecule has 0 unspecified atom stereocenters. The van der Waals surface area contributed by atoms with E-state index in [1.165, 1.54) is 26.0 Å². The van der Waals surface area contributed by atoms with Crippen LogP contribution in [0.4, 0.5) is 5.69 Å². The minimum Gasteiger partial charge on any atom is -0.493 e. The van der Waals surface area contributed by atoms with Crippen LogP contribution in [-0.2, 0) is 13.6 Å². The number of hydrogen-bond acceptors (Lipinski definition) is 6. The van der Waals surface area contributed by atoms with Gasteiger partial charge in [0.1, 0.15) is 0 Å². The zero-order valence-corrected chi connectivity index (χ0v) is 13.4. The normalized spacial score (nSPS) is 10.3. The maximum Gasteiger partial charge on any atom is 0.358 e. The molecule has 0 fully saturated rings. The maximum absolute atomic E-state index is 11.2. The molecular formula is C15H19N3O5. The highest BCUT2D eigenvalue weighted by Crippen LogP contribution is 2.38. The Hall–Kier alpha value is -2.90. The molecule has 0 radical (unpaired) electrons. The molecule has 2 N–H and O–H groups in total. The molecule has 8 nitrogen and oxygen atoms in total. The van der Waals surface area contributed by atoms with Gasteiger partial charge in [0, 0.05) is 19.8 Å². The van der Waals surface area contributed by atoms with E-state index in [4.69, 9.17) is 19.3 Å². The van der Waals surface area contributed by atoms with Gasteiger partial charge in [0.2, 0.25) is 5.75 Å². The Kier molecular flexibility index (Phi) is 4.95. The number of benzene rings is 1. The van der Waals surface area contributed by atoms with Gasteiger partial charge in [-0.2, -0.15) is 5.10 Å². The lowest BCUT2D eigenvalue weighted by molar-refractivity contribution is 0.0690. The predicted octanol–water partition coefficient (Wildman–Crippen LogP) is 1.76. The lowest BCUT2D eigenvalue weighted by Crippen LogP contribution is -2.06. The van der Waals surface area contributed by atoms with E-state index in [1.54, 1.807) is 25.4 Å². The molecule has 0 atom stereocenters. The fourth-order valence-electron chi connectivity index (χ4n) is 2.21. The Labute approximate surface area is 133 Å². The standard InChI is InChI=1S/C15H19N3O5/c1-18-8-10(13(17-18)15(19)20)16-7-9-5-11(21-2)14(23-4)12(6-9)22-3/h5-6,8,16H,7H2,1-4H3,(H,19,20). The molecule has 1 heterocycles. The number of nitrogens with one attached hydrogen (secondary N) is 1. The number of rotatable bonds is 7. The van der Waals surface area contributed by atoms with E-state index in [0.717, 1.165) is 5.56 Å². The van der Waals surface area contributed by atoms with Gasteiger partial charge >= 0.3 is 5.97 Å². The van der Waals surface area contributed by atoms with Crippen molar-refractivity contribution in [3.63, 3.8) is 0 Å². The summed E-state index contributed by atoms with van der Waals surface area (Å²) in [4.78, 5) is 11.2. The lowest BCUT2D eigenvalue weighted by Gasteiger charge is -2.14. The first-order valence-corrected chi connectivity index (χ1v) is 6.79. The number of aromatic carboxylic acids is 1. The zero-order chi connectivity index (χ0) is 17.0. The number of nitrogens with zero attached hydrogens (tertiary/aromatic N) is 2. The van der Waals surface area contributed by atoms with Gasteiger partial charge in [-0.15, -0.1) is 0 Å². The molecule has 1 aromatic carbocycles. The highest BCUT2D eigenvalue weighted by molar-refractivity contribution is 5.91. The van der Waals surface area contributed by atoms with Gasteiger partial charge in [0.25, 0.3) is 0 Å². The number of aromatic nitrogens is 2. The fourth-order valence-corrected chi connectivity index (χ4v) is 2.21. The smallest absolute Gasteiger partial charge is 0.358 e. The molecule has 0 spiro atoms. The number of ether oxygens (including phenoxy) is 3. The van der Waals surface area contributed by atoms with Crippen LogP contribution in [0, 0.1) is 0 Å². The quantitative estimate of drug-likeness (QED) is 0.802. The van der Waals surface area contributed by atoms with E-state index in [0.29, 0.717) is 29.5 Å². The van der Waals surface area contributed by atoms with Crippen molar-refractivity contribution in [1.82, 2.24) is 9.78 Å². The summed E-state index contributed by atoms with van der Waals surface area (Å²) in [5.41, 5.74) is 1.26. The van der Waals surface area contributed by atoms with Gasteiger partial charge in [-0.25, -0.2) is 4.79 Å². The van der Waals surface area contributed by atoms with Gasteiger partial charge in [0.05, 0.1) is 27.0 Å². The summed E-state index contributed by atoms with van der Waals surface area (Å²) in [6.45, 7) is 0.378. The second kappa shape index (κ2) is 6.91. The molecule has 124 valence electrons. The molecule has 0 aliphatic carbocycles. The summed E-state index contributed by atoms with van der Waals surface area (Å²) in [7, 11) is 6.28. The van der Waals surface area contributed by atoms with E-state index in [1.807, 2.05) is 0 Å². The molecule has 2 rings (SSSR count). The van der Waals surface area contributed by atoms with Crippen LogP contribution in [0.15, 0.2) is 18.3 Å². The topological polar surface area (TPSA) is 94.8 Å². The third-order valence-electron chi connectivity index (χ3n) is 3.24. The first-order valence-electron chi connectivity index (χ1n) is 6.79. The second-order valence-corrected chi connectivity index (χ2v) is 4.76. The summed E-state index contributed by atoms with van der Waals surface area (Å²) in [6.07, 6.45) is 1.61. The number of methoxy groups -OCH3 is 3. The van der Waals surface area contributed by atoms with E-state index in [-0.39, 0.29) is 5.69 Å². The average Bonchev–Trinajstić information content (AvgIpc) is 2.92. The van der Waals surface area contributed by atoms with Crippen LogP contribution in [0.2, 0.25) is 0 Å². The minimum absolute atomic E-state index is 0.0278. The van der Waals surface area contributed by atoms with Crippen molar-refractivity contribution < 1.29 is 24.1 Å². The van der Waals surface area contributed by atoms with Gasteiger partial charge in [-0.1, -0.05) is 0 Å². The van der Waals surface area contributed by atoms with Crippen molar-refractivity contribution in [1.29, 1.82) is 0 Å².